The highest BCUT2D eigenvalue weighted by molar-refractivity contribution is 6.30. The van der Waals surface area contributed by atoms with Crippen LogP contribution in [0.2, 0.25) is 0 Å². The first kappa shape index (κ1) is 13.7. The summed E-state index contributed by atoms with van der Waals surface area (Å²) in [6.45, 7) is 1.19. The van der Waals surface area contributed by atoms with Crippen LogP contribution in [0.3, 0.4) is 0 Å². The summed E-state index contributed by atoms with van der Waals surface area (Å²) < 4.78 is 0. The molecule has 1 heterocycles. The van der Waals surface area contributed by atoms with Gasteiger partial charge < -0.3 is 5.32 Å². The first-order valence-corrected chi connectivity index (χ1v) is 7.81. The van der Waals surface area contributed by atoms with Crippen molar-refractivity contribution in [1.82, 2.24) is 5.32 Å². The van der Waals surface area contributed by atoms with Crippen molar-refractivity contribution in [1.29, 1.82) is 0 Å². The molecule has 2 rings (SSSR count). The third-order valence-electron chi connectivity index (χ3n) is 3.97. The molecule has 17 heavy (non-hydrogen) atoms. The lowest BCUT2D eigenvalue weighted by atomic mass is 9.88. The molecule has 0 aromatic heterocycles. The molecule has 1 aliphatic heterocycles. The summed E-state index contributed by atoms with van der Waals surface area (Å²) >= 11 is 12.3. The van der Waals surface area contributed by atoms with Crippen LogP contribution in [0.15, 0.2) is 12.2 Å². The number of allylic oxidation sites excluding steroid dienone is 1. The summed E-state index contributed by atoms with van der Waals surface area (Å²) in [4.78, 5) is 0. The van der Waals surface area contributed by atoms with Crippen LogP contribution < -0.4 is 5.32 Å². The first-order valence-electron chi connectivity index (χ1n) is 6.94. The third-order valence-corrected chi connectivity index (χ3v) is 5.11. The maximum absolute atomic E-state index is 6.21. The van der Waals surface area contributed by atoms with Crippen LogP contribution in [0.1, 0.15) is 44.9 Å². The summed E-state index contributed by atoms with van der Waals surface area (Å²) in [5.74, 6) is 0.649. The average molecular weight is 276 g/mol. The van der Waals surface area contributed by atoms with E-state index >= 15 is 0 Å². The van der Waals surface area contributed by atoms with Crippen molar-refractivity contribution in [3.8, 4) is 0 Å². The van der Waals surface area contributed by atoms with Crippen LogP contribution in [0, 0.1) is 5.92 Å². The van der Waals surface area contributed by atoms with Crippen LogP contribution >= 0.6 is 23.2 Å². The van der Waals surface area contributed by atoms with Crippen LogP contribution in [0.4, 0.5) is 0 Å². The van der Waals surface area contributed by atoms with Gasteiger partial charge in [-0.1, -0.05) is 18.6 Å². The quantitative estimate of drug-likeness (QED) is 0.604. The predicted molar refractivity (Wildman–Crippen MR) is 76.0 cm³/mol. The van der Waals surface area contributed by atoms with Gasteiger partial charge in [-0.15, -0.1) is 23.2 Å². The van der Waals surface area contributed by atoms with Gasteiger partial charge in [0.15, 0.2) is 0 Å². The van der Waals surface area contributed by atoms with Gasteiger partial charge in [0.25, 0.3) is 0 Å². The molecule has 4 unspecified atom stereocenters. The fourth-order valence-corrected chi connectivity index (χ4v) is 3.43. The second-order valence-corrected chi connectivity index (χ2v) is 6.54. The van der Waals surface area contributed by atoms with E-state index in [1.54, 1.807) is 0 Å². The van der Waals surface area contributed by atoms with E-state index in [0.29, 0.717) is 12.0 Å². The molecule has 0 spiro atoms. The van der Waals surface area contributed by atoms with Crippen LogP contribution in [0.25, 0.3) is 0 Å². The Hall–Kier alpha value is 0.280. The lowest BCUT2D eigenvalue weighted by Gasteiger charge is -2.27. The highest BCUT2D eigenvalue weighted by Gasteiger charge is 2.26. The van der Waals surface area contributed by atoms with E-state index in [0.717, 1.165) is 12.8 Å². The van der Waals surface area contributed by atoms with Crippen molar-refractivity contribution in [2.24, 2.45) is 5.92 Å². The van der Waals surface area contributed by atoms with E-state index < -0.39 is 0 Å². The van der Waals surface area contributed by atoms with Crippen LogP contribution in [-0.4, -0.2) is 23.3 Å². The molecular formula is C14H23Cl2N. The summed E-state index contributed by atoms with van der Waals surface area (Å²) in [5, 5.41) is 3.92. The molecule has 0 radical (unpaired) electrons. The second kappa shape index (κ2) is 7.01. The molecule has 2 aliphatic rings. The molecule has 0 amide bonds. The number of hydrogen-bond donors (Lipinski definition) is 1. The molecule has 2 fully saturated rings. The van der Waals surface area contributed by atoms with E-state index in [1.807, 2.05) is 0 Å². The molecule has 3 heteroatoms. The summed E-state index contributed by atoms with van der Waals surface area (Å²) in [6, 6.07) is 0.705. The van der Waals surface area contributed by atoms with E-state index in [2.05, 4.69) is 17.5 Å². The minimum atomic E-state index is 0.160. The van der Waals surface area contributed by atoms with Gasteiger partial charge in [-0.3, -0.25) is 0 Å². The van der Waals surface area contributed by atoms with E-state index in [1.165, 1.54) is 38.6 Å². The number of nitrogens with one attached hydrogen (secondary N) is 1. The van der Waals surface area contributed by atoms with Crippen molar-refractivity contribution in [3.05, 3.63) is 12.2 Å². The molecule has 0 bridgehead atoms. The Morgan fingerprint density at radius 1 is 1.06 bits per heavy atom. The highest BCUT2D eigenvalue weighted by Crippen LogP contribution is 2.32. The zero-order chi connectivity index (χ0) is 12.1. The minimum absolute atomic E-state index is 0.160. The zero-order valence-electron chi connectivity index (χ0n) is 10.4. The molecule has 1 saturated carbocycles. The predicted octanol–water partition coefficient (Wildman–Crippen LogP) is 4.09. The van der Waals surface area contributed by atoms with Crippen LogP contribution in [-0.2, 0) is 0 Å². The summed E-state index contributed by atoms with van der Waals surface area (Å²) in [7, 11) is 0. The maximum atomic E-state index is 6.21. The van der Waals surface area contributed by atoms with Gasteiger partial charge in [-0.2, -0.15) is 0 Å². The molecule has 0 aromatic rings. The largest absolute Gasteiger partial charge is 0.314 e. The number of halogens is 2. The summed E-state index contributed by atoms with van der Waals surface area (Å²) in [6.07, 6.45) is 13.3. The van der Waals surface area contributed by atoms with Crippen molar-refractivity contribution >= 4 is 23.2 Å². The standard InChI is InChI=1S/C14H23Cl2N/c15-13-8-7-11(10-14(13)16)4-3-6-12-5-1-2-9-17-12/h3-4,11-14,17H,1-2,5-10H2/b4-3+. The molecule has 98 valence electrons. The zero-order valence-corrected chi connectivity index (χ0v) is 11.9. The Morgan fingerprint density at radius 3 is 2.65 bits per heavy atom. The van der Waals surface area contributed by atoms with Crippen molar-refractivity contribution in [2.75, 3.05) is 6.54 Å². The number of hydrogen-bond acceptors (Lipinski definition) is 1. The fraction of sp³-hybridized carbons (Fsp3) is 0.857. The number of piperidine rings is 1. The summed E-state index contributed by atoms with van der Waals surface area (Å²) in [5.41, 5.74) is 0. The molecule has 1 nitrogen and oxygen atoms in total. The van der Waals surface area contributed by atoms with E-state index in [4.69, 9.17) is 23.2 Å². The second-order valence-electron chi connectivity index (χ2n) is 5.42. The molecule has 1 N–H and O–H groups in total. The Balaban J connectivity index is 1.69. The molecule has 1 saturated heterocycles. The van der Waals surface area contributed by atoms with Crippen molar-refractivity contribution in [2.45, 2.75) is 61.7 Å². The lowest BCUT2D eigenvalue weighted by Crippen LogP contribution is -2.33. The van der Waals surface area contributed by atoms with Gasteiger partial charge in [0.05, 0.1) is 5.38 Å². The van der Waals surface area contributed by atoms with Crippen LogP contribution in [0.5, 0.6) is 0 Å². The van der Waals surface area contributed by atoms with Crippen molar-refractivity contribution in [3.63, 3.8) is 0 Å². The Bertz CT molecular complexity index is 249. The molecule has 1 aliphatic carbocycles. The van der Waals surface area contributed by atoms with Gasteiger partial charge in [-0.25, -0.2) is 0 Å². The van der Waals surface area contributed by atoms with Gasteiger partial charge in [0, 0.05) is 11.4 Å². The highest BCUT2D eigenvalue weighted by atomic mass is 35.5. The van der Waals surface area contributed by atoms with E-state index in [-0.39, 0.29) is 10.8 Å². The molecule has 4 atom stereocenters. The van der Waals surface area contributed by atoms with Gasteiger partial charge in [0.2, 0.25) is 0 Å². The smallest absolute Gasteiger partial charge is 0.0505 e. The molecule has 0 aromatic carbocycles. The fourth-order valence-electron chi connectivity index (χ4n) is 2.84. The normalized spacial score (nSPS) is 39.6. The topological polar surface area (TPSA) is 12.0 Å². The van der Waals surface area contributed by atoms with Crippen molar-refractivity contribution < 1.29 is 0 Å². The number of alkyl halides is 2. The Morgan fingerprint density at radius 2 is 1.94 bits per heavy atom. The first-order chi connectivity index (χ1) is 8.25. The van der Waals surface area contributed by atoms with Gasteiger partial charge in [0.1, 0.15) is 0 Å². The lowest BCUT2D eigenvalue weighted by molar-refractivity contribution is 0.400. The van der Waals surface area contributed by atoms with Gasteiger partial charge in [-0.05, 0) is 51.0 Å². The SMILES string of the molecule is ClC1CCC(/C=C/CC2CCCCN2)CC1Cl. The van der Waals surface area contributed by atoms with E-state index in [9.17, 15) is 0 Å². The molecular weight excluding hydrogens is 253 g/mol. The average Bonchev–Trinajstić information content (AvgIpc) is 2.35. The third kappa shape index (κ3) is 4.46. The Labute approximate surface area is 115 Å². The Kier molecular flexibility index (Phi) is 5.65. The maximum Gasteiger partial charge on any atom is 0.0505 e. The number of rotatable bonds is 3. The van der Waals surface area contributed by atoms with Gasteiger partial charge >= 0.3 is 0 Å². The monoisotopic (exact) mass is 275 g/mol. The minimum Gasteiger partial charge on any atom is -0.314 e.